The predicted molar refractivity (Wildman–Crippen MR) is 57.0 cm³/mol. The molecule has 0 aromatic carbocycles. The Morgan fingerprint density at radius 3 is 2.87 bits per heavy atom. The van der Waals surface area contributed by atoms with Crippen molar-refractivity contribution >= 4 is 28.6 Å². The Morgan fingerprint density at radius 1 is 1.47 bits per heavy atom. The van der Waals surface area contributed by atoms with E-state index in [1.807, 2.05) is 5.38 Å². The molecule has 0 aliphatic heterocycles. The molecule has 2 aromatic heterocycles. The first-order valence-electron chi connectivity index (χ1n) is 3.87. The second-order valence-electron chi connectivity index (χ2n) is 2.63. The van der Waals surface area contributed by atoms with Gasteiger partial charge in [-0.25, -0.2) is 9.97 Å². The van der Waals surface area contributed by atoms with Gasteiger partial charge < -0.3 is 0 Å². The monoisotopic (exact) mass is 241 g/mol. The summed E-state index contributed by atoms with van der Waals surface area (Å²) < 4.78 is 0. The van der Waals surface area contributed by atoms with E-state index in [4.69, 9.17) is 11.6 Å². The van der Waals surface area contributed by atoms with Crippen molar-refractivity contribution in [3.63, 3.8) is 0 Å². The molecule has 0 spiro atoms. The van der Waals surface area contributed by atoms with Crippen LogP contribution in [0.3, 0.4) is 0 Å². The van der Waals surface area contributed by atoms with Crippen molar-refractivity contribution in [1.29, 1.82) is 0 Å². The summed E-state index contributed by atoms with van der Waals surface area (Å²) >= 11 is 7.09. The quantitative estimate of drug-likeness (QED) is 0.461. The van der Waals surface area contributed by atoms with Crippen molar-refractivity contribution in [3.05, 3.63) is 38.4 Å². The van der Waals surface area contributed by atoms with E-state index in [0.29, 0.717) is 5.56 Å². The number of rotatable bonds is 2. The molecule has 0 aliphatic carbocycles. The fourth-order valence-electron chi connectivity index (χ4n) is 1.13. The van der Waals surface area contributed by atoms with Crippen LogP contribution in [0.2, 0.25) is 5.15 Å². The van der Waals surface area contributed by atoms with Crippen LogP contribution in [0.15, 0.2) is 23.2 Å². The van der Waals surface area contributed by atoms with Gasteiger partial charge in [0.25, 0.3) is 0 Å². The summed E-state index contributed by atoms with van der Waals surface area (Å²) in [6.45, 7) is 0. The van der Waals surface area contributed by atoms with E-state index in [9.17, 15) is 10.1 Å². The number of aromatic nitrogens is 2. The van der Waals surface area contributed by atoms with E-state index < -0.39 is 4.92 Å². The zero-order valence-electron chi connectivity index (χ0n) is 7.25. The van der Waals surface area contributed by atoms with Crippen LogP contribution in [0.5, 0.6) is 0 Å². The van der Waals surface area contributed by atoms with E-state index in [2.05, 4.69) is 9.97 Å². The largest absolute Gasteiger partial charge is 0.332 e. The van der Waals surface area contributed by atoms with Gasteiger partial charge in [0, 0.05) is 10.9 Å². The van der Waals surface area contributed by atoms with Crippen LogP contribution in [0.4, 0.5) is 5.69 Å². The van der Waals surface area contributed by atoms with Crippen molar-refractivity contribution in [2.45, 2.75) is 0 Å². The molecule has 0 saturated heterocycles. The van der Waals surface area contributed by atoms with Gasteiger partial charge in [-0.1, -0.05) is 11.6 Å². The van der Waals surface area contributed by atoms with Gasteiger partial charge in [-0.2, -0.15) is 11.3 Å². The minimum atomic E-state index is -0.574. The molecular formula is C8H4ClN3O2S. The maximum atomic E-state index is 10.8. The molecule has 15 heavy (non-hydrogen) atoms. The standard InChI is InChI=1S/C8H4ClN3O2S/c9-8-7(12(13)14)6(10-4-11-8)5-1-2-15-3-5/h1-4H. The Balaban J connectivity index is 2.66. The Labute approximate surface area is 93.5 Å². The number of hydrogen-bond donors (Lipinski definition) is 0. The van der Waals surface area contributed by atoms with Gasteiger partial charge in [0.1, 0.15) is 6.33 Å². The number of thiophene rings is 1. The summed E-state index contributed by atoms with van der Waals surface area (Å²) in [5, 5.41) is 14.2. The first-order chi connectivity index (χ1) is 7.20. The SMILES string of the molecule is O=[N+]([O-])c1c(Cl)ncnc1-c1ccsc1. The molecule has 2 heterocycles. The van der Waals surface area contributed by atoms with E-state index in [1.165, 1.54) is 17.7 Å². The maximum Gasteiger partial charge on any atom is 0.332 e. The summed E-state index contributed by atoms with van der Waals surface area (Å²) in [5.74, 6) is 0. The second kappa shape index (κ2) is 3.92. The highest BCUT2D eigenvalue weighted by molar-refractivity contribution is 7.08. The van der Waals surface area contributed by atoms with Crippen molar-refractivity contribution in [1.82, 2.24) is 9.97 Å². The average molecular weight is 242 g/mol. The fraction of sp³-hybridized carbons (Fsp3) is 0. The highest BCUT2D eigenvalue weighted by atomic mass is 35.5. The zero-order chi connectivity index (χ0) is 10.8. The Hall–Kier alpha value is -1.53. The average Bonchev–Trinajstić information content (AvgIpc) is 2.69. The van der Waals surface area contributed by atoms with Crippen LogP contribution in [0.1, 0.15) is 0 Å². The first kappa shape index (κ1) is 10.0. The van der Waals surface area contributed by atoms with Gasteiger partial charge in [0.2, 0.25) is 5.15 Å². The maximum absolute atomic E-state index is 10.8. The molecule has 76 valence electrons. The number of halogens is 1. The third-order valence-electron chi connectivity index (χ3n) is 1.75. The minimum Gasteiger partial charge on any atom is -0.258 e. The van der Waals surface area contributed by atoms with Crippen molar-refractivity contribution < 1.29 is 4.92 Å². The lowest BCUT2D eigenvalue weighted by Crippen LogP contribution is -1.96. The summed E-state index contributed by atoms with van der Waals surface area (Å²) in [4.78, 5) is 17.7. The van der Waals surface area contributed by atoms with Crippen LogP contribution in [-0.4, -0.2) is 14.9 Å². The van der Waals surface area contributed by atoms with Crippen LogP contribution in [-0.2, 0) is 0 Å². The molecule has 0 atom stereocenters. The smallest absolute Gasteiger partial charge is 0.258 e. The van der Waals surface area contributed by atoms with E-state index in [-0.39, 0.29) is 16.5 Å². The minimum absolute atomic E-state index is 0.142. The molecule has 5 nitrogen and oxygen atoms in total. The van der Waals surface area contributed by atoms with Gasteiger partial charge >= 0.3 is 5.69 Å². The van der Waals surface area contributed by atoms with Gasteiger partial charge in [0.05, 0.1) is 4.92 Å². The van der Waals surface area contributed by atoms with Crippen LogP contribution in [0.25, 0.3) is 11.3 Å². The molecule has 2 rings (SSSR count). The lowest BCUT2D eigenvalue weighted by molar-refractivity contribution is -0.384. The normalized spacial score (nSPS) is 10.2. The topological polar surface area (TPSA) is 68.9 Å². The predicted octanol–water partition coefficient (Wildman–Crippen LogP) is 2.77. The molecule has 0 N–H and O–H groups in total. The van der Waals surface area contributed by atoms with E-state index >= 15 is 0 Å². The molecule has 0 bridgehead atoms. The highest BCUT2D eigenvalue weighted by Gasteiger charge is 2.22. The molecule has 0 aliphatic rings. The molecule has 0 amide bonds. The van der Waals surface area contributed by atoms with Crippen molar-refractivity contribution in [3.8, 4) is 11.3 Å². The summed E-state index contributed by atoms with van der Waals surface area (Å²) in [5.41, 5.74) is 0.676. The second-order valence-corrected chi connectivity index (χ2v) is 3.77. The van der Waals surface area contributed by atoms with E-state index in [0.717, 1.165) is 0 Å². The molecule has 7 heteroatoms. The summed E-state index contributed by atoms with van der Waals surface area (Å²) in [6.07, 6.45) is 1.21. The Morgan fingerprint density at radius 2 is 2.27 bits per heavy atom. The fourth-order valence-corrected chi connectivity index (χ4v) is 1.97. The third kappa shape index (κ3) is 1.81. The van der Waals surface area contributed by atoms with Gasteiger partial charge in [-0.05, 0) is 11.4 Å². The first-order valence-corrected chi connectivity index (χ1v) is 5.19. The van der Waals surface area contributed by atoms with Crippen LogP contribution in [0, 0.1) is 10.1 Å². The van der Waals surface area contributed by atoms with Crippen LogP contribution >= 0.6 is 22.9 Å². The highest BCUT2D eigenvalue weighted by Crippen LogP contribution is 2.33. The molecule has 0 fully saturated rings. The van der Waals surface area contributed by atoms with Gasteiger partial charge in [0.15, 0.2) is 5.69 Å². The van der Waals surface area contributed by atoms with E-state index in [1.54, 1.807) is 11.4 Å². The zero-order valence-corrected chi connectivity index (χ0v) is 8.83. The molecular weight excluding hydrogens is 238 g/mol. The lowest BCUT2D eigenvalue weighted by atomic mass is 10.2. The van der Waals surface area contributed by atoms with Crippen molar-refractivity contribution in [2.24, 2.45) is 0 Å². The third-order valence-corrected chi connectivity index (χ3v) is 2.71. The summed E-state index contributed by atoms with van der Waals surface area (Å²) in [6, 6.07) is 1.75. The Bertz CT molecular complexity index is 501. The number of hydrogen-bond acceptors (Lipinski definition) is 5. The molecule has 0 radical (unpaired) electrons. The van der Waals surface area contributed by atoms with Crippen LogP contribution < -0.4 is 0 Å². The summed E-state index contributed by atoms with van der Waals surface area (Å²) in [7, 11) is 0. The van der Waals surface area contributed by atoms with Crippen molar-refractivity contribution in [2.75, 3.05) is 0 Å². The lowest BCUT2D eigenvalue weighted by Gasteiger charge is -1.99. The number of nitro groups is 1. The Kier molecular flexibility index (Phi) is 2.61. The molecule has 0 unspecified atom stereocenters. The van der Waals surface area contributed by atoms with Gasteiger partial charge in [-0.15, -0.1) is 0 Å². The molecule has 2 aromatic rings. The van der Waals surface area contributed by atoms with Gasteiger partial charge in [-0.3, -0.25) is 10.1 Å². The number of nitrogens with zero attached hydrogens (tertiary/aromatic N) is 3. The molecule has 0 saturated carbocycles.